The molecule has 7 heteroatoms. The number of thioether (sulfide) groups is 1. The third kappa shape index (κ3) is 3.06. The lowest BCUT2D eigenvalue weighted by Crippen LogP contribution is -2.13. The average molecular weight is 408 g/mol. The number of benzene rings is 3. The summed E-state index contributed by atoms with van der Waals surface area (Å²) in [5.41, 5.74) is 2.07. The number of aryl methyl sites for hydroxylation is 1. The highest BCUT2D eigenvalue weighted by atomic mass is 32.2. The molecule has 0 amide bonds. The number of imidazole rings is 1. The van der Waals surface area contributed by atoms with Crippen LogP contribution in [-0.4, -0.2) is 23.7 Å². The molecule has 1 aromatic heterocycles. The maximum absolute atomic E-state index is 13.0. The van der Waals surface area contributed by atoms with Crippen LogP contribution in [0.25, 0.3) is 22.0 Å². The van der Waals surface area contributed by atoms with Crippen LogP contribution in [0.3, 0.4) is 0 Å². The molecule has 3 aromatic carbocycles. The maximum atomic E-state index is 13.0. The van der Waals surface area contributed by atoms with Crippen molar-refractivity contribution in [3.8, 4) is 11.3 Å². The smallest absolute Gasteiger partial charge is 0.261 e. The summed E-state index contributed by atoms with van der Waals surface area (Å²) in [5, 5.41) is 2.87. The van der Waals surface area contributed by atoms with Crippen LogP contribution in [0.1, 0.15) is 0 Å². The molecule has 0 aliphatic carbocycles. The molecule has 1 aliphatic heterocycles. The molecule has 5 rings (SSSR count). The van der Waals surface area contributed by atoms with Crippen LogP contribution in [0.15, 0.2) is 83.0 Å². The van der Waals surface area contributed by atoms with E-state index in [1.807, 2.05) is 54.7 Å². The first-order chi connectivity index (χ1) is 13.6. The van der Waals surface area contributed by atoms with Crippen molar-refractivity contribution >= 4 is 38.2 Å². The van der Waals surface area contributed by atoms with Crippen LogP contribution in [0.5, 0.6) is 0 Å². The minimum atomic E-state index is -3.72. The number of sulfonamides is 1. The van der Waals surface area contributed by atoms with Gasteiger partial charge in [0.2, 0.25) is 0 Å². The van der Waals surface area contributed by atoms with Crippen molar-refractivity contribution in [1.29, 1.82) is 0 Å². The summed E-state index contributed by atoms with van der Waals surface area (Å²) in [6.45, 7) is 0.929. The number of nitrogens with zero attached hydrogens (tertiary/aromatic N) is 2. The first-order valence-corrected chi connectivity index (χ1v) is 11.4. The fraction of sp³-hybridized carbons (Fsp3) is 0.0952. The van der Waals surface area contributed by atoms with Gasteiger partial charge in [0.1, 0.15) is 0 Å². The Kier molecular flexibility index (Phi) is 4.14. The van der Waals surface area contributed by atoms with Crippen molar-refractivity contribution in [3.63, 3.8) is 0 Å². The average Bonchev–Trinajstić information content (AvgIpc) is 3.30. The molecule has 0 unspecified atom stereocenters. The van der Waals surface area contributed by atoms with Crippen LogP contribution >= 0.6 is 11.8 Å². The Bertz CT molecular complexity index is 1270. The number of hydrogen-bond donors (Lipinski definition) is 1. The molecule has 0 atom stereocenters. The largest absolute Gasteiger partial charge is 0.325 e. The van der Waals surface area contributed by atoms with E-state index in [9.17, 15) is 8.42 Å². The van der Waals surface area contributed by atoms with Gasteiger partial charge >= 0.3 is 0 Å². The van der Waals surface area contributed by atoms with Gasteiger partial charge in [0.05, 0.1) is 16.3 Å². The Morgan fingerprint density at radius 1 is 0.964 bits per heavy atom. The molecule has 0 spiro atoms. The van der Waals surface area contributed by atoms with Gasteiger partial charge in [0, 0.05) is 24.1 Å². The van der Waals surface area contributed by atoms with E-state index in [2.05, 4.69) is 14.3 Å². The molecule has 4 aromatic rings. The van der Waals surface area contributed by atoms with Crippen molar-refractivity contribution < 1.29 is 8.42 Å². The fourth-order valence-corrected chi connectivity index (χ4v) is 5.43. The van der Waals surface area contributed by atoms with Gasteiger partial charge in [-0.05, 0) is 29.0 Å². The second-order valence-corrected chi connectivity index (χ2v) is 9.36. The standard InChI is InChI=1S/C21H17N3O2S2/c25-28(26,17-10-9-15-5-1-2-6-16(15)13-17)23-19-8-4-3-7-18(19)20-14-24-11-12-27-21(24)22-20/h1-10,13-14,23H,11-12H2. The van der Waals surface area contributed by atoms with Crippen molar-refractivity contribution in [1.82, 2.24) is 9.55 Å². The van der Waals surface area contributed by atoms with Crippen LogP contribution in [0.2, 0.25) is 0 Å². The Labute approximate surface area is 167 Å². The van der Waals surface area contributed by atoms with E-state index >= 15 is 0 Å². The number of anilines is 1. The minimum absolute atomic E-state index is 0.240. The van der Waals surface area contributed by atoms with Crippen LogP contribution in [0.4, 0.5) is 5.69 Å². The highest BCUT2D eigenvalue weighted by molar-refractivity contribution is 7.99. The van der Waals surface area contributed by atoms with Crippen molar-refractivity contribution in [3.05, 3.63) is 72.9 Å². The number of para-hydroxylation sites is 1. The van der Waals surface area contributed by atoms with Crippen LogP contribution < -0.4 is 4.72 Å². The molecule has 0 bridgehead atoms. The fourth-order valence-electron chi connectivity index (χ4n) is 3.37. The SMILES string of the molecule is O=S(=O)(Nc1ccccc1-c1cn2c(n1)SCC2)c1ccc2ccccc2c1. The van der Waals surface area contributed by atoms with E-state index in [4.69, 9.17) is 0 Å². The predicted molar refractivity (Wildman–Crippen MR) is 113 cm³/mol. The first kappa shape index (κ1) is 17.3. The zero-order valence-electron chi connectivity index (χ0n) is 14.9. The lowest BCUT2D eigenvalue weighted by atomic mass is 10.1. The molecular formula is C21H17N3O2S2. The third-order valence-corrected chi connectivity index (χ3v) is 7.12. The molecule has 0 fully saturated rings. The number of rotatable bonds is 4. The van der Waals surface area contributed by atoms with Crippen molar-refractivity contribution in [2.75, 3.05) is 10.5 Å². The van der Waals surface area contributed by atoms with Gasteiger partial charge in [-0.15, -0.1) is 0 Å². The Balaban J connectivity index is 1.52. The second-order valence-electron chi connectivity index (χ2n) is 6.61. The minimum Gasteiger partial charge on any atom is -0.325 e. The quantitative estimate of drug-likeness (QED) is 0.537. The highest BCUT2D eigenvalue weighted by Gasteiger charge is 2.20. The summed E-state index contributed by atoms with van der Waals surface area (Å²) in [6, 6.07) is 20.2. The summed E-state index contributed by atoms with van der Waals surface area (Å²) >= 11 is 1.71. The van der Waals surface area contributed by atoms with E-state index in [-0.39, 0.29) is 4.90 Å². The molecule has 28 heavy (non-hydrogen) atoms. The first-order valence-electron chi connectivity index (χ1n) is 8.91. The van der Waals surface area contributed by atoms with E-state index in [1.165, 1.54) is 0 Å². The predicted octanol–water partition coefficient (Wildman–Crippen LogP) is 4.61. The van der Waals surface area contributed by atoms with Crippen LogP contribution in [-0.2, 0) is 16.6 Å². The highest BCUT2D eigenvalue weighted by Crippen LogP contribution is 2.33. The van der Waals surface area contributed by atoms with Crippen molar-refractivity contribution in [2.24, 2.45) is 0 Å². The molecule has 140 valence electrons. The Hall–Kier alpha value is -2.77. The summed E-state index contributed by atoms with van der Waals surface area (Å²) < 4.78 is 30.9. The Morgan fingerprint density at radius 3 is 2.61 bits per heavy atom. The molecule has 0 radical (unpaired) electrons. The van der Waals surface area contributed by atoms with E-state index in [1.54, 1.807) is 30.0 Å². The number of nitrogens with one attached hydrogen (secondary N) is 1. The summed E-state index contributed by atoms with van der Waals surface area (Å²) in [6.07, 6.45) is 1.98. The van der Waals surface area contributed by atoms with Gasteiger partial charge in [0.25, 0.3) is 10.0 Å². The van der Waals surface area contributed by atoms with E-state index in [0.29, 0.717) is 5.69 Å². The normalized spacial score (nSPS) is 13.6. The molecule has 1 aliphatic rings. The Morgan fingerprint density at radius 2 is 1.75 bits per heavy atom. The van der Waals surface area contributed by atoms with E-state index < -0.39 is 10.0 Å². The number of hydrogen-bond acceptors (Lipinski definition) is 4. The van der Waals surface area contributed by atoms with Crippen LogP contribution in [0, 0.1) is 0 Å². The second kappa shape index (κ2) is 6.68. The van der Waals surface area contributed by atoms with Gasteiger partial charge in [-0.2, -0.15) is 0 Å². The van der Waals surface area contributed by atoms with Gasteiger partial charge in [-0.3, -0.25) is 4.72 Å². The van der Waals surface area contributed by atoms with Gasteiger partial charge in [-0.25, -0.2) is 13.4 Å². The summed E-state index contributed by atoms with van der Waals surface area (Å²) in [5.74, 6) is 1.03. The molecular weight excluding hydrogens is 390 g/mol. The molecule has 0 saturated carbocycles. The van der Waals surface area contributed by atoms with Gasteiger partial charge in [-0.1, -0.05) is 60.3 Å². The van der Waals surface area contributed by atoms with Gasteiger partial charge in [0.15, 0.2) is 5.16 Å². The monoisotopic (exact) mass is 407 g/mol. The van der Waals surface area contributed by atoms with Crippen molar-refractivity contribution in [2.45, 2.75) is 16.6 Å². The molecule has 5 nitrogen and oxygen atoms in total. The van der Waals surface area contributed by atoms with E-state index in [0.717, 1.165) is 39.5 Å². The third-order valence-electron chi connectivity index (χ3n) is 4.78. The molecule has 1 N–H and O–H groups in total. The maximum Gasteiger partial charge on any atom is 0.261 e. The topological polar surface area (TPSA) is 64.0 Å². The zero-order valence-corrected chi connectivity index (χ0v) is 16.5. The zero-order chi connectivity index (χ0) is 19.1. The summed E-state index contributed by atoms with van der Waals surface area (Å²) in [4.78, 5) is 4.90. The number of fused-ring (bicyclic) bond motifs is 2. The summed E-state index contributed by atoms with van der Waals surface area (Å²) in [7, 11) is -3.72. The lowest BCUT2D eigenvalue weighted by molar-refractivity contribution is 0.601. The number of aromatic nitrogens is 2. The van der Waals surface area contributed by atoms with Gasteiger partial charge < -0.3 is 4.57 Å². The molecule has 0 saturated heterocycles. The molecule has 2 heterocycles. The lowest BCUT2D eigenvalue weighted by Gasteiger charge is -2.12.